The number of carbonyl (C=O) groups excluding carboxylic acids is 2. The Kier molecular flexibility index (Phi) is 8.40. The summed E-state index contributed by atoms with van der Waals surface area (Å²) in [7, 11) is 0. The van der Waals surface area contributed by atoms with E-state index < -0.39 is 0 Å². The lowest BCUT2D eigenvalue weighted by Crippen LogP contribution is -2.25. The highest BCUT2D eigenvalue weighted by atomic mass is 32.2. The van der Waals surface area contributed by atoms with Crippen LogP contribution in [0.4, 0.5) is 5.69 Å². The fourth-order valence-electron chi connectivity index (χ4n) is 2.07. The maximum absolute atomic E-state index is 12.2. The van der Waals surface area contributed by atoms with E-state index in [9.17, 15) is 9.59 Å². The van der Waals surface area contributed by atoms with Gasteiger partial charge in [-0.25, -0.2) is 0 Å². The molecule has 140 valence electrons. The van der Waals surface area contributed by atoms with Gasteiger partial charge in [0.2, 0.25) is 11.8 Å². The Morgan fingerprint density at radius 2 is 1.62 bits per heavy atom. The molecule has 0 atom stereocenters. The molecule has 0 saturated carbocycles. The van der Waals surface area contributed by atoms with E-state index in [0.717, 1.165) is 31.9 Å². The SMILES string of the molecule is CCCNC(=O)CSc1nnc(SCC(=O)Nc2c(C)cccc2C)s1. The zero-order chi connectivity index (χ0) is 18.9. The topological polar surface area (TPSA) is 84.0 Å². The van der Waals surface area contributed by atoms with Crippen molar-refractivity contribution in [1.82, 2.24) is 15.5 Å². The minimum atomic E-state index is -0.0734. The second-order valence-corrected chi connectivity index (χ2v) is 9.00. The summed E-state index contributed by atoms with van der Waals surface area (Å²) in [5.41, 5.74) is 2.95. The predicted molar refractivity (Wildman–Crippen MR) is 109 cm³/mol. The van der Waals surface area contributed by atoms with Gasteiger partial charge in [-0.15, -0.1) is 10.2 Å². The van der Waals surface area contributed by atoms with E-state index in [1.165, 1.54) is 34.9 Å². The fraction of sp³-hybridized carbons (Fsp3) is 0.412. The van der Waals surface area contributed by atoms with Crippen LogP contribution in [0.25, 0.3) is 0 Å². The second kappa shape index (κ2) is 10.5. The van der Waals surface area contributed by atoms with E-state index in [4.69, 9.17) is 0 Å². The van der Waals surface area contributed by atoms with Crippen LogP contribution in [0.5, 0.6) is 0 Å². The van der Waals surface area contributed by atoms with Gasteiger partial charge >= 0.3 is 0 Å². The number of hydrogen-bond donors (Lipinski definition) is 2. The standard InChI is InChI=1S/C17H22N4O2S3/c1-4-8-18-13(22)9-24-16-20-21-17(26-16)25-10-14(23)19-15-11(2)6-5-7-12(15)3/h5-7H,4,8-10H2,1-3H3,(H,18,22)(H,19,23). The number of benzene rings is 1. The molecule has 0 aliphatic heterocycles. The first kappa shape index (κ1) is 20.7. The van der Waals surface area contributed by atoms with Gasteiger partial charge < -0.3 is 10.6 Å². The quantitative estimate of drug-likeness (QED) is 0.616. The van der Waals surface area contributed by atoms with Gasteiger partial charge in [0.05, 0.1) is 11.5 Å². The van der Waals surface area contributed by atoms with Crippen molar-refractivity contribution in [2.75, 3.05) is 23.4 Å². The number of thioether (sulfide) groups is 2. The molecule has 1 aromatic heterocycles. The van der Waals surface area contributed by atoms with E-state index in [-0.39, 0.29) is 17.6 Å². The van der Waals surface area contributed by atoms with Crippen LogP contribution in [0.3, 0.4) is 0 Å². The molecule has 0 unspecified atom stereocenters. The van der Waals surface area contributed by atoms with Gasteiger partial charge in [0.25, 0.3) is 0 Å². The first-order valence-electron chi connectivity index (χ1n) is 8.21. The largest absolute Gasteiger partial charge is 0.355 e. The van der Waals surface area contributed by atoms with Crippen molar-refractivity contribution in [2.24, 2.45) is 0 Å². The number of amides is 2. The van der Waals surface area contributed by atoms with E-state index in [1.54, 1.807) is 0 Å². The Morgan fingerprint density at radius 3 is 2.19 bits per heavy atom. The third kappa shape index (κ3) is 6.62. The molecule has 9 heteroatoms. The zero-order valence-electron chi connectivity index (χ0n) is 15.0. The lowest BCUT2D eigenvalue weighted by molar-refractivity contribution is -0.118. The number of nitrogens with one attached hydrogen (secondary N) is 2. The van der Waals surface area contributed by atoms with Crippen molar-refractivity contribution in [3.8, 4) is 0 Å². The fourth-order valence-corrected chi connectivity index (χ4v) is 4.72. The first-order chi connectivity index (χ1) is 12.5. The summed E-state index contributed by atoms with van der Waals surface area (Å²) in [6.07, 6.45) is 0.917. The summed E-state index contributed by atoms with van der Waals surface area (Å²) in [5, 5.41) is 13.9. The van der Waals surface area contributed by atoms with Crippen molar-refractivity contribution in [3.63, 3.8) is 0 Å². The molecular formula is C17H22N4O2S3. The Balaban J connectivity index is 1.78. The molecule has 2 amide bonds. The maximum atomic E-state index is 12.2. The molecule has 2 rings (SSSR count). The first-order valence-corrected chi connectivity index (χ1v) is 11.0. The van der Waals surface area contributed by atoms with Crippen molar-refractivity contribution >= 4 is 52.4 Å². The number of anilines is 1. The minimum Gasteiger partial charge on any atom is -0.355 e. The molecule has 0 aliphatic rings. The molecule has 2 N–H and O–H groups in total. The monoisotopic (exact) mass is 410 g/mol. The molecule has 0 radical (unpaired) electrons. The highest BCUT2D eigenvalue weighted by molar-refractivity contribution is 8.03. The molecule has 26 heavy (non-hydrogen) atoms. The number of rotatable bonds is 9. The number of nitrogens with zero attached hydrogens (tertiary/aromatic N) is 2. The van der Waals surface area contributed by atoms with Crippen LogP contribution in [0.15, 0.2) is 26.9 Å². The van der Waals surface area contributed by atoms with Crippen LogP contribution < -0.4 is 10.6 Å². The molecule has 0 saturated heterocycles. The molecule has 0 spiro atoms. The third-order valence-electron chi connectivity index (χ3n) is 3.36. The Morgan fingerprint density at radius 1 is 1.04 bits per heavy atom. The second-order valence-electron chi connectivity index (χ2n) is 5.58. The Bertz CT molecular complexity index is 744. The molecule has 1 aromatic carbocycles. The summed E-state index contributed by atoms with van der Waals surface area (Å²) >= 11 is 4.10. The van der Waals surface area contributed by atoms with Crippen LogP contribution in [0, 0.1) is 13.8 Å². The Hall–Kier alpha value is -1.58. The molecule has 0 aliphatic carbocycles. The average molecular weight is 411 g/mol. The molecular weight excluding hydrogens is 388 g/mol. The summed E-state index contributed by atoms with van der Waals surface area (Å²) in [4.78, 5) is 23.8. The zero-order valence-corrected chi connectivity index (χ0v) is 17.4. The van der Waals surface area contributed by atoms with Gasteiger partial charge in [-0.1, -0.05) is 60.0 Å². The van der Waals surface area contributed by atoms with Gasteiger partial charge in [0.1, 0.15) is 0 Å². The Labute approximate surface area is 165 Å². The van der Waals surface area contributed by atoms with E-state index in [0.29, 0.717) is 12.3 Å². The minimum absolute atomic E-state index is 0.00534. The maximum Gasteiger partial charge on any atom is 0.234 e. The van der Waals surface area contributed by atoms with Crippen LogP contribution in [-0.2, 0) is 9.59 Å². The van der Waals surface area contributed by atoms with E-state index >= 15 is 0 Å². The molecule has 6 nitrogen and oxygen atoms in total. The smallest absolute Gasteiger partial charge is 0.234 e. The lowest BCUT2D eigenvalue weighted by Gasteiger charge is -2.10. The summed E-state index contributed by atoms with van der Waals surface area (Å²) in [6, 6.07) is 5.92. The number of para-hydroxylation sites is 1. The van der Waals surface area contributed by atoms with Crippen molar-refractivity contribution in [1.29, 1.82) is 0 Å². The third-order valence-corrected chi connectivity index (χ3v) is 6.55. The molecule has 0 fully saturated rings. The van der Waals surface area contributed by atoms with Crippen LogP contribution >= 0.6 is 34.9 Å². The highest BCUT2D eigenvalue weighted by Crippen LogP contribution is 2.29. The van der Waals surface area contributed by atoms with Crippen molar-refractivity contribution in [3.05, 3.63) is 29.3 Å². The van der Waals surface area contributed by atoms with Gasteiger partial charge in [0.15, 0.2) is 8.68 Å². The normalized spacial score (nSPS) is 10.6. The van der Waals surface area contributed by atoms with Crippen LogP contribution in [0.2, 0.25) is 0 Å². The van der Waals surface area contributed by atoms with E-state index in [2.05, 4.69) is 20.8 Å². The van der Waals surface area contributed by atoms with Crippen molar-refractivity contribution < 1.29 is 9.59 Å². The number of hydrogen-bond acceptors (Lipinski definition) is 7. The summed E-state index contributed by atoms with van der Waals surface area (Å²) < 4.78 is 1.45. The predicted octanol–water partition coefficient (Wildman–Crippen LogP) is 3.50. The number of carbonyl (C=O) groups is 2. The van der Waals surface area contributed by atoms with Gasteiger partial charge in [-0.05, 0) is 31.4 Å². The van der Waals surface area contributed by atoms with Crippen molar-refractivity contribution in [2.45, 2.75) is 35.9 Å². The summed E-state index contributed by atoms with van der Waals surface area (Å²) in [5.74, 6) is 0.515. The van der Waals surface area contributed by atoms with Gasteiger partial charge in [-0.2, -0.15) is 0 Å². The van der Waals surface area contributed by atoms with Crippen LogP contribution in [-0.4, -0.2) is 40.1 Å². The molecule has 0 bridgehead atoms. The number of aromatic nitrogens is 2. The summed E-state index contributed by atoms with van der Waals surface area (Å²) in [6.45, 7) is 6.64. The average Bonchev–Trinajstić information content (AvgIpc) is 3.07. The number of aryl methyl sites for hydroxylation is 2. The van der Waals surface area contributed by atoms with Crippen LogP contribution in [0.1, 0.15) is 24.5 Å². The van der Waals surface area contributed by atoms with Gasteiger partial charge in [0, 0.05) is 12.2 Å². The lowest BCUT2D eigenvalue weighted by atomic mass is 10.1. The molecule has 1 heterocycles. The molecule has 2 aromatic rings. The van der Waals surface area contributed by atoms with Gasteiger partial charge in [-0.3, -0.25) is 9.59 Å². The highest BCUT2D eigenvalue weighted by Gasteiger charge is 2.12. The van der Waals surface area contributed by atoms with E-state index in [1.807, 2.05) is 39.0 Å².